The third-order valence-electron chi connectivity index (χ3n) is 2.75. The quantitative estimate of drug-likeness (QED) is 0.501. The molecule has 0 aliphatic heterocycles. The molecule has 2 aromatic heterocycles. The van der Waals surface area contributed by atoms with E-state index in [0.29, 0.717) is 18.8 Å². The number of aromatic nitrogens is 3. The first-order valence-corrected chi connectivity index (χ1v) is 6.83. The molecule has 0 spiro atoms. The smallest absolute Gasteiger partial charge is 0.348 e. The van der Waals surface area contributed by atoms with Gasteiger partial charge in [-0.1, -0.05) is 18.5 Å². The maximum atomic E-state index is 11.1. The summed E-state index contributed by atoms with van der Waals surface area (Å²) in [5.74, 6) is 0.630. The van der Waals surface area contributed by atoms with Gasteiger partial charge in [0.15, 0.2) is 0 Å². The van der Waals surface area contributed by atoms with Gasteiger partial charge in [0, 0.05) is 25.4 Å². The first kappa shape index (κ1) is 15.1. The zero-order valence-corrected chi connectivity index (χ0v) is 12.2. The van der Waals surface area contributed by atoms with E-state index in [9.17, 15) is 10.1 Å². The van der Waals surface area contributed by atoms with Crippen molar-refractivity contribution in [3.8, 4) is 0 Å². The number of aryl methyl sites for hydroxylation is 1. The van der Waals surface area contributed by atoms with Crippen LogP contribution in [0, 0.1) is 10.1 Å². The van der Waals surface area contributed by atoms with Gasteiger partial charge in [0.1, 0.15) is 5.82 Å². The monoisotopic (exact) mass is 307 g/mol. The molecular formula is C13H14ClN5O2. The number of rotatable bonds is 6. The molecule has 0 saturated heterocycles. The van der Waals surface area contributed by atoms with E-state index in [0.717, 1.165) is 12.0 Å². The Balaban J connectivity index is 2.28. The minimum absolute atomic E-state index is 0.139. The molecule has 7 nitrogen and oxygen atoms in total. The topological polar surface area (TPSA) is 93.8 Å². The van der Waals surface area contributed by atoms with Crippen molar-refractivity contribution in [2.75, 3.05) is 5.32 Å². The second-order valence-electron chi connectivity index (χ2n) is 4.34. The summed E-state index contributed by atoms with van der Waals surface area (Å²) in [7, 11) is 0. The van der Waals surface area contributed by atoms with E-state index in [2.05, 4.69) is 20.3 Å². The van der Waals surface area contributed by atoms with Gasteiger partial charge >= 0.3 is 5.69 Å². The Morgan fingerprint density at radius 2 is 2.05 bits per heavy atom. The van der Waals surface area contributed by atoms with Crippen molar-refractivity contribution in [3.63, 3.8) is 0 Å². The number of halogens is 1. The first-order chi connectivity index (χ1) is 10.1. The Labute approximate surface area is 126 Å². The van der Waals surface area contributed by atoms with Crippen molar-refractivity contribution in [1.82, 2.24) is 15.0 Å². The molecule has 1 N–H and O–H groups in total. The third kappa shape index (κ3) is 3.85. The Hall–Kier alpha value is -2.28. The maximum Gasteiger partial charge on any atom is 0.348 e. The van der Waals surface area contributed by atoms with E-state index in [-0.39, 0.29) is 16.7 Å². The molecule has 2 aromatic rings. The zero-order valence-electron chi connectivity index (χ0n) is 11.4. The molecule has 110 valence electrons. The van der Waals surface area contributed by atoms with Crippen LogP contribution in [0.1, 0.15) is 24.7 Å². The van der Waals surface area contributed by atoms with Gasteiger partial charge in [-0.25, -0.2) is 9.97 Å². The van der Waals surface area contributed by atoms with Crippen molar-refractivity contribution in [3.05, 3.63) is 51.2 Å². The number of pyridine rings is 1. The van der Waals surface area contributed by atoms with Gasteiger partial charge in [-0.2, -0.15) is 0 Å². The molecule has 0 aliphatic carbocycles. The molecule has 8 heteroatoms. The van der Waals surface area contributed by atoms with Crippen LogP contribution in [-0.4, -0.2) is 19.9 Å². The van der Waals surface area contributed by atoms with Crippen molar-refractivity contribution < 1.29 is 4.92 Å². The molecule has 0 aromatic carbocycles. The van der Waals surface area contributed by atoms with E-state index in [1.807, 2.05) is 19.1 Å². The normalized spacial score (nSPS) is 10.4. The fraction of sp³-hybridized carbons (Fsp3) is 0.308. The number of nitro groups is 1. The van der Waals surface area contributed by atoms with Crippen molar-refractivity contribution in [1.29, 1.82) is 0 Å². The van der Waals surface area contributed by atoms with Crippen LogP contribution in [0.2, 0.25) is 5.15 Å². The highest BCUT2D eigenvalue weighted by Gasteiger charge is 2.23. The Morgan fingerprint density at radius 3 is 2.67 bits per heavy atom. The fourth-order valence-electron chi connectivity index (χ4n) is 1.78. The van der Waals surface area contributed by atoms with Gasteiger partial charge in [-0.15, -0.1) is 0 Å². The van der Waals surface area contributed by atoms with Crippen LogP contribution in [0.25, 0.3) is 0 Å². The van der Waals surface area contributed by atoms with Crippen molar-refractivity contribution in [2.45, 2.75) is 26.3 Å². The molecule has 0 fully saturated rings. The van der Waals surface area contributed by atoms with Crippen LogP contribution in [0.15, 0.2) is 24.5 Å². The van der Waals surface area contributed by atoms with Gasteiger partial charge < -0.3 is 5.32 Å². The highest BCUT2D eigenvalue weighted by atomic mass is 35.5. The standard InChI is InChI=1S/C13H14ClN5O2/c1-2-3-10-17-12(14)11(19(20)21)13(18-10)16-8-9-4-6-15-7-5-9/h4-7H,2-3,8H2,1H3,(H,16,17,18). The summed E-state index contributed by atoms with van der Waals surface area (Å²) >= 11 is 5.90. The molecule has 2 rings (SSSR count). The summed E-state index contributed by atoms with van der Waals surface area (Å²) in [5, 5.41) is 13.9. The van der Waals surface area contributed by atoms with Gasteiger partial charge in [0.25, 0.3) is 0 Å². The second-order valence-corrected chi connectivity index (χ2v) is 4.70. The second kappa shape index (κ2) is 6.94. The van der Waals surface area contributed by atoms with Crippen LogP contribution in [0.5, 0.6) is 0 Å². The van der Waals surface area contributed by atoms with Crippen LogP contribution in [-0.2, 0) is 13.0 Å². The van der Waals surface area contributed by atoms with Crippen LogP contribution >= 0.6 is 11.6 Å². The number of nitrogens with zero attached hydrogens (tertiary/aromatic N) is 4. The van der Waals surface area contributed by atoms with E-state index < -0.39 is 4.92 Å². The van der Waals surface area contributed by atoms with Crippen LogP contribution in [0.3, 0.4) is 0 Å². The lowest BCUT2D eigenvalue weighted by molar-refractivity contribution is -0.384. The van der Waals surface area contributed by atoms with Gasteiger partial charge in [-0.3, -0.25) is 15.1 Å². The number of anilines is 1. The Bertz CT molecular complexity index is 636. The summed E-state index contributed by atoms with van der Waals surface area (Å²) in [4.78, 5) is 22.6. The minimum atomic E-state index is -0.576. The third-order valence-corrected chi connectivity index (χ3v) is 3.02. The van der Waals surface area contributed by atoms with E-state index in [1.54, 1.807) is 12.4 Å². The van der Waals surface area contributed by atoms with E-state index in [1.165, 1.54) is 0 Å². The molecular weight excluding hydrogens is 294 g/mol. The highest BCUT2D eigenvalue weighted by molar-refractivity contribution is 6.31. The van der Waals surface area contributed by atoms with Gasteiger partial charge in [-0.05, 0) is 24.1 Å². The number of nitrogens with one attached hydrogen (secondary N) is 1. The molecule has 2 heterocycles. The average Bonchev–Trinajstić information content (AvgIpc) is 2.45. The lowest BCUT2D eigenvalue weighted by Gasteiger charge is -2.08. The SMILES string of the molecule is CCCc1nc(Cl)c([N+](=O)[O-])c(NCc2ccncc2)n1. The predicted molar refractivity (Wildman–Crippen MR) is 79.3 cm³/mol. The van der Waals surface area contributed by atoms with E-state index in [4.69, 9.17) is 11.6 Å². The average molecular weight is 308 g/mol. The molecule has 0 amide bonds. The molecule has 0 unspecified atom stereocenters. The van der Waals surface area contributed by atoms with Crippen LogP contribution in [0.4, 0.5) is 11.5 Å². The summed E-state index contributed by atoms with van der Waals surface area (Å²) < 4.78 is 0. The fourth-order valence-corrected chi connectivity index (χ4v) is 2.03. The summed E-state index contributed by atoms with van der Waals surface area (Å²) in [6, 6.07) is 3.63. The summed E-state index contributed by atoms with van der Waals surface area (Å²) in [6.07, 6.45) is 4.75. The molecule has 0 atom stereocenters. The molecule has 21 heavy (non-hydrogen) atoms. The first-order valence-electron chi connectivity index (χ1n) is 6.45. The largest absolute Gasteiger partial charge is 0.360 e. The Morgan fingerprint density at radius 1 is 1.33 bits per heavy atom. The number of hydrogen-bond acceptors (Lipinski definition) is 6. The molecule has 0 radical (unpaired) electrons. The number of hydrogen-bond donors (Lipinski definition) is 1. The molecule has 0 bridgehead atoms. The highest BCUT2D eigenvalue weighted by Crippen LogP contribution is 2.30. The predicted octanol–water partition coefficient (Wildman–Crippen LogP) is 3.00. The minimum Gasteiger partial charge on any atom is -0.360 e. The maximum absolute atomic E-state index is 11.1. The van der Waals surface area contributed by atoms with E-state index >= 15 is 0 Å². The summed E-state index contributed by atoms with van der Waals surface area (Å²) in [6.45, 7) is 2.37. The van der Waals surface area contributed by atoms with Crippen molar-refractivity contribution in [2.24, 2.45) is 0 Å². The van der Waals surface area contributed by atoms with Crippen molar-refractivity contribution >= 4 is 23.1 Å². The zero-order chi connectivity index (χ0) is 15.2. The molecule has 0 aliphatic rings. The lowest BCUT2D eigenvalue weighted by Crippen LogP contribution is -2.09. The molecule has 0 saturated carbocycles. The van der Waals surface area contributed by atoms with Gasteiger partial charge in [0.05, 0.1) is 4.92 Å². The summed E-state index contributed by atoms with van der Waals surface area (Å²) in [5.41, 5.74) is 0.636. The Kier molecular flexibility index (Phi) is 4.99. The van der Waals surface area contributed by atoms with Crippen LogP contribution < -0.4 is 5.32 Å². The van der Waals surface area contributed by atoms with Gasteiger partial charge in [0.2, 0.25) is 11.0 Å². The lowest BCUT2D eigenvalue weighted by atomic mass is 10.2.